The second-order valence-corrected chi connectivity index (χ2v) is 6.95. The highest BCUT2D eigenvalue weighted by Crippen LogP contribution is 2.34. The Morgan fingerprint density at radius 3 is 3.00 bits per heavy atom. The van der Waals surface area contributed by atoms with Crippen molar-refractivity contribution in [2.24, 2.45) is 0 Å². The number of hydrogen-bond acceptors (Lipinski definition) is 4. The van der Waals surface area contributed by atoms with Crippen LogP contribution in [0.25, 0.3) is 5.52 Å². The van der Waals surface area contributed by atoms with Gasteiger partial charge >= 0.3 is 6.03 Å². The van der Waals surface area contributed by atoms with Gasteiger partial charge in [-0.2, -0.15) is 17.0 Å². The van der Waals surface area contributed by atoms with Crippen LogP contribution in [-0.4, -0.2) is 38.3 Å². The van der Waals surface area contributed by atoms with Gasteiger partial charge in [0.05, 0.1) is 17.6 Å². The topological polar surface area (TPSA) is 77.6 Å². The highest BCUT2D eigenvalue weighted by atomic mass is 32.2. The first-order chi connectivity index (χ1) is 11.1. The molecular weight excluding hydrogens is 312 g/mol. The first-order valence-corrected chi connectivity index (χ1v) is 8.51. The standard InChI is InChI=1S/C16H14N4O2S/c17-7-12-11(8-19-5-2-1-3-13(12)19)9-20-14(21)16(18-15(20)22)4-6-23-10-16/h1-3,5,8H,4,6,9-10H2,(H,18,22)/t16-/m0/s1. The lowest BCUT2D eigenvalue weighted by Gasteiger charge is -2.19. The summed E-state index contributed by atoms with van der Waals surface area (Å²) >= 11 is 1.68. The highest BCUT2D eigenvalue weighted by molar-refractivity contribution is 7.99. The summed E-state index contributed by atoms with van der Waals surface area (Å²) in [4.78, 5) is 26.2. The van der Waals surface area contributed by atoms with E-state index in [4.69, 9.17) is 0 Å². The van der Waals surface area contributed by atoms with Gasteiger partial charge in [-0.1, -0.05) is 6.07 Å². The van der Waals surface area contributed by atoms with Crippen LogP contribution < -0.4 is 5.32 Å². The summed E-state index contributed by atoms with van der Waals surface area (Å²) in [5.41, 5.74) is 1.23. The first kappa shape index (κ1) is 14.2. The molecule has 3 amide bonds. The van der Waals surface area contributed by atoms with Gasteiger partial charge < -0.3 is 9.72 Å². The molecule has 0 bridgehead atoms. The molecule has 0 saturated carbocycles. The van der Waals surface area contributed by atoms with Crippen LogP contribution in [0.4, 0.5) is 4.79 Å². The lowest BCUT2D eigenvalue weighted by atomic mass is 9.99. The van der Waals surface area contributed by atoms with Gasteiger partial charge in [-0.15, -0.1) is 0 Å². The van der Waals surface area contributed by atoms with Gasteiger partial charge in [0.15, 0.2) is 0 Å². The molecule has 0 aromatic carbocycles. The van der Waals surface area contributed by atoms with Crippen molar-refractivity contribution in [3.8, 4) is 6.07 Å². The number of hydrogen-bond donors (Lipinski definition) is 1. The summed E-state index contributed by atoms with van der Waals surface area (Å²) in [5.74, 6) is 1.32. The van der Waals surface area contributed by atoms with Crippen LogP contribution in [0.15, 0.2) is 30.6 Å². The van der Waals surface area contributed by atoms with E-state index in [0.717, 1.165) is 11.3 Å². The zero-order chi connectivity index (χ0) is 16.0. The van der Waals surface area contributed by atoms with Crippen LogP contribution in [-0.2, 0) is 11.3 Å². The van der Waals surface area contributed by atoms with E-state index in [1.54, 1.807) is 11.8 Å². The Balaban J connectivity index is 1.70. The predicted octanol–water partition coefficient (Wildman–Crippen LogP) is 1.74. The molecule has 2 aliphatic heterocycles. The molecule has 1 atom stereocenters. The fraction of sp³-hybridized carbons (Fsp3) is 0.312. The van der Waals surface area contributed by atoms with Crippen molar-refractivity contribution < 1.29 is 9.59 Å². The Morgan fingerprint density at radius 1 is 1.39 bits per heavy atom. The SMILES string of the molecule is N#Cc1c(CN2C(=O)N[C@]3(CCSC3)C2=O)cn2ccccc12. The number of nitrogens with one attached hydrogen (secondary N) is 1. The van der Waals surface area contributed by atoms with E-state index < -0.39 is 5.54 Å². The van der Waals surface area contributed by atoms with Crippen molar-refractivity contribution in [1.29, 1.82) is 5.26 Å². The zero-order valence-electron chi connectivity index (χ0n) is 12.3. The number of nitriles is 1. The molecular formula is C16H14N4O2S. The van der Waals surface area contributed by atoms with Crippen LogP contribution in [0, 0.1) is 11.3 Å². The molecule has 2 fully saturated rings. The number of imide groups is 1. The van der Waals surface area contributed by atoms with E-state index in [9.17, 15) is 14.9 Å². The minimum absolute atomic E-state index is 0.127. The summed E-state index contributed by atoms with van der Waals surface area (Å²) in [5, 5.41) is 12.3. The zero-order valence-corrected chi connectivity index (χ0v) is 13.1. The maximum absolute atomic E-state index is 12.7. The molecule has 0 radical (unpaired) electrons. The van der Waals surface area contributed by atoms with Gasteiger partial charge in [-0.25, -0.2) is 4.79 Å². The summed E-state index contributed by atoms with van der Waals surface area (Å²) in [6, 6.07) is 7.41. The molecule has 2 aromatic rings. The van der Waals surface area contributed by atoms with Crippen LogP contribution in [0.5, 0.6) is 0 Å². The van der Waals surface area contributed by atoms with Crippen molar-refractivity contribution in [1.82, 2.24) is 14.6 Å². The second-order valence-electron chi connectivity index (χ2n) is 5.84. The number of carbonyl (C=O) groups is 2. The van der Waals surface area contributed by atoms with Crippen molar-refractivity contribution in [3.63, 3.8) is 0 Å². The summed E-state index contributed by atoms with van der Waals surface area (Å²) in [6.07, 6.45) is 4.32. The monoisotopic (exact) mass is 326 g/mol. The molecule has 2 saturated heterocycles. The fourth-order valence-electron chi connectivity index (χ4n) is 3.25. The maximum Gasteiger partial charge on any atom is 0.325 e. The van der Waals surface area contributed by atoms with Crippen LogP contribution in [0.3, 0.4) is 0 Å². The van der Waals surface area contributed by atoms with Gasteiger partial charge in [-0.05, 0) is 24.3 Å². The largest absolute Gasteiger partial charge is 0.325 e. The molecule has 1 N–H and O–H groups in total. The van der Waals surface area contributed by atoms with E-state index in [1.165, 1.54) is 4.90 Å². The Hall–Kier alpha value is -2.46. The average molecular weight is 326 g/mol. The van der Waals surface area contributed by atoms with Gasteiger partial charge in [0.2, 0.25) is 0 Å². The molecule has 2 aliphatic rings. The van der Waals surface area contributed by atoms with Crippen LogP contribution >= 0.6 is 11.8 Å². The Bertz CT molecular complexity index is 861. The van der Waals surface area contributed by atoms with Crippen molar-refractivity contribution in [2.75, 3.05) is 11.5 Å². The molecule has 116 valence electrons. The number of thioether (sulfide) groups is 1. The maximum atomic E-state index is 12.7. The smallest absolute Gasteiger partial charge is 0.322 e. The van der Waals surface area contributed by atoms with E-state index >= 15 is 0 Å². The highest BCUT2D eigenvalue weighted by Gasteiger charge is 2.52. The minimum atomic E-state index is -0.742. The third-order valence-corrected chi connectivity index (χ3v) is 5.66. The molecule has 7 heteroatoms. The lowest BCUT2D eigenvalue weighted by Crippen LogP contribution is -2.46. The second kappa shape index (κ2) is 5.03. The van der Waals surface area contributed by atoms with Crippen LogP contribution in [0.1, 0.15) is 17.5 Å². The van der Waals surface area contributed by atoms with Gasteiger partial charge in [-0.3, -0.25) is 9.69 Å². The number of urea groups is 1. The lowest BCUT2D eigenvalue weighted by molar-refractivity contribution is -0.130. The first-order valence-electron chi connectivity index (χ1n) is 7.35. The van der Waals surface area contributed by atoms with Crippen LogP contribution in [0.2, 0.25) is 0 Å². The third-order valence-electron chi connectivity index (χ3n) is 4.47. The Kier molecular flexibility index (Phi) is 3.10. The predicted molar refractivity (Wildman–Crippen MR) is 85.9 cm³/mol. The molecule has 0 aliphatic carbocycles. The number of aromatic nitrogens is 1. The van der Waals surface area contributed by atoms with E-state index in [2.05, 4.69) is 11.4 Å². The van der Waals surface area contributed by atoms with Crippen molar-refractivity contribution in [2.45, 2.75) is 18.5 Å². The van der Waals surface area contributed by atoms with Gasteiger partial charge in [0.1, 0.15) is 11.6 Å². The average Bonchev–Trinajstić information content (AvgIpc) is 3.21. The number of carbonyl (C=O) groups excluding carboxylic acids is 2. The normalized spacial score (nSPS) is 23.7. The van der Waals surface area contributed by atoms with Crippen molar-refractivity contribution in [3.05, 3.63) is 41.7 Å². The summed E-state index contributed by atoms with van der Waals surface area (Å²) in [7, 11) is 0. The Labute approximate surface area is 137 Å². The van der Waals surface area contributed by atoms with Gasteiger partial charge in [0, 0.05) is 23.7 Å². The molecule has 6 nitrogen and oxygen atoms in total. The summed E-state index contributed by atoms with van der Waals surface area (Å²) in [6.45, 7) is 0.127. The van der Waals surface area contributed by atoms with E-state index in [0.29, 0.717) is 23.3 Å². The molecule has 0 unspecified atom stereocenters. The van der Waals surface area contributed by atoms with E-state index in [1.807, 2.05) is 35.0 Å². The number of amides is 3. The quantitative estimate of drug-likeness (QED) is 0.853. The molecule has 4 heterocycles. The van der Waals surface area contributed by atoms with Gasteiger partial charge in [0.25, 0.3) is 5.91 Å². The van der Waals surface area contributed by atoms with Crippen molar-refractivity contribution >= 4 is 29.2 Å². The number of pyridine rings is 1. The summed E-state index contributed by atoms with van der Waals surface area (Å²) < 4.78 is 1.84. The number of fused-ring (bicyclic) bond motifs is 1. The Morgan fingerprint density at radius 2 is 2.26 bits per heavy atom. The molecule has 4 rings (SSSR count). The minimum Gasteiger partial charge on any atom is -0.322 e. The molecule has 1 spiro atoms. The number of rotatable bonds is 2. The van der Waals surface area contributed by atoms with E-state index in [-0.39, 0.29) is 18.5 Å². The third kappa shape index (κ3) is 2.02. The molecule has 2 aromatic heterocycles. The fourth-order valence-corrected chi connectivity index (χ4v) is 4.57. The number of nitrogens with zero attached hydrogens (tertiary/aromatic N) is 3. The molecule has 23 heavy (non-hydrogen) atoms.